The molecule has 6 nitrogen and oxygen atoms in total. The van der Waals surface area contributed by atoms with E-state index in [2.05, 4.69) is 0 Å². The minimum atomic E-state index is -4.48. The van der Waals surface area contributed by atoms with E-state index < -0.39 is 17.6 Å². The maximum absolute atomic E-state index is 13.1. The van der Waals surface area contributed by atoms with Gasteiger partial charge in [-0.25, -0.2) is 0 Å². The molecule has 9 heteroatoms. The first kappa shape index (κ1) is 25.5. The molecule has 2 rings (SSSR count). The van der Waals surface area contributed by atoms with Crippen LogP contribution in [0.5, 0.6) is 0 Å². The van der Waals surface area contributed by atoms with Crippen molar-refractivity contribution < 1.29 is 27.5 Å². The maximum atomic E-state index is 13.1. The number of alkyl halides is 3. The van der Waals surface area contributed by atoms with Gasteiger partial charge in [0.1, 0.15) is 6.54 Å². The fourth-order valence-corrected chi connectivity index (χ4v) is 3.26. The Morgan fingerprint density at radius 1 is 1.09 bits per heavy atom. The summed E-state index contributed by atoms with van der Waals surface area (Å²) in [5.41, 5.74) is 0.213. The van der Waals surface area contributed by atoms with Crippen LogP contribution in [0.2, 0.25) is 0 Å². The molecule has 0 fully saturated rings. The Morgan fingerprint density at radius 3 is 2.25 bits per heavy atom. The SMILES string of the molecule is COCCN(Cc1cccn1C)C(=O)CN(CC(C)C)C(=O)c1ccc(C(F)(F)F)cc1. The van der Waals surface area contributed by atoms with Crippen LogP contribution in [0, 0.1) is 5.92 Å². The van der Waals surface area contributed by atoms with E-state index in [-0.39, 0.29) is 23.9 Å². The number of amides is 2. The summed E-state index contributed by atoms with van der Waals surface area (Å²) < 4.78 is 45.6. The molecule has 1 aromatic heterocycles. The van der Waals surface area contributed by atoms with Gasteiger partial charge in [0, 0.05) is 44.7 Å². The number of nitrogens with zero attached hydrogens (tertiary/aromatic N) is 3. The third-order valence-electron chi connectivity index (χ3n) is 4.98. The highest BCUT2D eigenvalue weighted by atomic mass is 19.4. The van der Waals surface area contributed by atoms with Crippen molar-refractivity contribution in [3.8, 4) is 0 Å². The van der Waals surface area contributed by atoms with Gasteiger partial charge in [0.2, 0.25) is 5.91 Å². The summed E-state index contributed by atoms with van der Waals surface area (Å²) >= 11 is 0. The van der Waals surface area contributed by atoms with Crippen LogP contribution in [-0.2, 0) is 29.3 Å². The first-order chi connectivity index (χ1) is 15.0. The molecule has 2 aromatic rings. The third kappa shape index (κ3) is 7.12. The highest BCUT2D eigenvalue weighted by molar-refractivity contribution is 5.96. The zero-order valence-electron chi connectivity index (χ0n) is 18.9. The van der Waals surface area contributed by atoms with Gasteiger partial charge in [-0.1, -0.05) is 13.8 Å². The summed E-state index contributed by atoms with van der Waals surface area (Å²) in [6.45, 7) is 4.99. The molecule has 1 aromatic carbocycles. The number of aromatic nitrogens is 1. The molecule has 0 unspecified atom stereocenters. The van der Waals surface area contributed by atoms with Gasteiger partial charge in [0.05, 0.1) is 18.7 Å². The van der Waals surface area contributed by atoms with Gasteiger partial charge in [-0.05, 0) is 42.3 Å². The Balaban J connectivity index is 2.20. The van der Waals surface area contributed by atoms with Crippen molar-refractivity contribution in [2.75, 3.05) is 33.4 Å². The van der Waals surface area contributed by atoms with Crippen LogP contribution in [0.3, 0.4) is 0 Å². The standard InChI is InChI=1S/C23H30F3N3O3/c1-17(2)14-29(22(31)18-7-9-19(10-8-18)23(24,25)26)16-21(30)28(12-13-32-4)15-20-6-5-11-27(20)3/h5-11,17H,12-16H2,1-4H3. The van der Waals surface area contributed by atoms with Crippen LogP contribution in [-0.4, -0.2) is 59.5 Å². The van der Waals surface area contributed by atoms with Gasteiger partial charge >= 0.3 is 6.18 Å². The lowest BCUT2D eigenvalue weighted by Crippen LogP contribution is -2.45. The molecule has 0 atom stereocenters. The van der Waals surface area contributed by atoms with Gasteiger partial charge in [0.15, 0.2) is 0 Å². The third-order valence-corrected chi connectivity index (χ3v) is 4.98. The lowest BCUT2D eigenvalue weighted by Gasteiger charge is -2.29. The molecule has 0 aliphatic rings. The topological polar surface area (TPSA) is 54.8 Å². The summed E-state index contributed by atoms with van der Waals surface area (Å²) in [7, 11) is 3.43. The van der Waals surface area contributed by atoms with E-state index in [0.717, 1.165) is 30.0 Å². The molecule has 0 N–H and O–H groups in total. The summed E-state index contributed by atoms with van der Waals surface area (Å²) in [5, 5.41) is 0. The Morgan fingerprint density at radius 2 is 1.75 bits per heavy atom. The lowest BCUT2D eigenvalue weighted by molar-refractivity contribution is -0.137. The molecular formula is C23H30F3N3O3. The van der Waals surface area contributed by atoms with Gasteiger partial charge in [-0.2, -0.15) is 13.2 Å². The van der Waals surface area contributed by atoms with Gasteiger partial charge in [-0.15, -0.1) is 0 Å². The minimum Gasteiger partial charge on any atom is -0.383 e. The predicted molar refractivity (Wildman–Crippen MR) is 115 cm³/mol. The molecule has 0 spiro atoms. The fourth-order valence-electron chi connectivity index (χ4n) is 3.26. The highest BCUT2D eigenvalue weighted by Crippen LogP contribution is 2.29. The maximum Gasteiger partial charge on any atom is 0.416 e. The molecule has 1 heterocycles. The normalized spacial score (nSPS) is 11.6. The van der Waals surface area contributed by atoms with E-state index in [9.17, 15) is 22.8 Å². The van der Waals surface area contributed by atoms with Crippen LogP contribution in [0.4, 0.5) is 13.2 Å². The number of methoxy groups -OCH3 is 1. The first-order valence-corrected chi connectivity index (χ1v) is 10.4. The number of halogens is 3. The monoisotopic (exact) mass is 453 g/mol. The molecule has 0 saturated carbocycles. The number of carbonyl (C=O) groups excluding carboxylic acids is 2. The average Bonchev–Trinajstić information content (AvgIpc) is 3.13. The summed E-state index contributed by atoms with van der Waals surface area (Å²) in [5.74, 6) is -0.669. The second-order valence-electron chi connectivity index (χ2n) is 8.07. The molecule has 0 saturated heterocycles. The zero-order chi connectivity index (χ0) is 23.9. The molecule has 0 bridgehead atoms. The summed E-state index contributed by atoms with van der Waals surface area (Å²) in [6, 6.07) is 7.84. The van der Waals surface area contributed by atoms with E-state index >= 15 is 0 Å². The molecule has 2 amide bonds. The van der Waals surface area contributed by atoms with E-state index in [1.807, 2.05) is 43.8 Å². The molecular weight excluding hydrogens is 423 g/mol. The number of carbonyl (C=O) groups is 2. The number of hydrogen-bond acceptors (Lipinski definition) is 3. The van der Waals surface area contributed by atoms with Crippen molar-refractivity contribution in [3.63, 3.8) is 0 Å². The van der Waals surface area contributed by atoms with Crippen LogP contribution in [0.15, 0.2) is 42.6 Å². The van der Waals surface area contributed by atoms with Gasteiger partial charge in [0.25, 0.3) is 5.91 Å². The molecule has 0 aliphatic heterocycles. The van der Waals surface area contributed by atoms with E-state index in [1.54, 1.807) is 12.0 Å². The Hall–Kier alpha value is -2.81. The molecule has 0 radical (unpaired) electrons. The Kier molecular flexibility index (Phi) is 8.89. The number of benzene rings is 1. The van der Waals surface area contributed by atoms with E-state index in [1.165, 1.54) is 4.90 Å². The quantitative estimate of drug-likeness (QED) is 0.550. The van der Waals surface area contributed by atoms with Crippen LogP contribution >= 0.6 is 0 Å². The van der Waals surface area contributed by atoms with Gasteiger partial charge < -0.3 is 19.1 Å². The second-order valence-corrected chi connectivity index (χ2v) is 8.07. The number of hydrogen-bond donors (Lipinski definition) is 0. The van der Waals surface area contributed by atoms with Crippen molar-refractivity contribution >= 4 is 11.8 Å². The highest BCUT2D eigenvalue weighted by Gasteiger charge is 2.31. The number of aryl methyl sites for hydroxylation is 1. The first-order valence-electron chi connectivity index (χ1n) is 10.4. The smallest absolute Gasteiger partial charge is 0.383 e. The second kappa shape index (κ2) is 11.2. The van der Waals surface area contributed by atoms with Crippen molar-refractivity contribution in [3.05, 3.63) is 59.4 Å². The Labute approximate surface area is 186 Å². The van der Waals surface area contributed by atoms with Crippen molar-refractivity contribution in [2.45, 2.75) is 26.6 Å². The van der Waals surface area contributed by atoms with E-state index in [0.29, 0.717) is 26.2 Å². The number of rotatable bonds is 10. The zero-order valence-corrected chi connectivity index (χ0v) is 18.9. The molecule has 0 aliphatic carbocycles. The Bertz CT molecular complexity index is 892. The van der Waals surface area contributed by atoms with Crippen molar-refractivity contribution in [1.29, 1.82) is 0 Å². The van der Waals surface area contributed by atoms with Gasteiger partial charge in [-0.3, -0.25) is 9.59 Å². The predicted octanol–water partition coefficient (Wildman–Crippen LogP) is 3.82. The summed E-state index contributed by atoms with van der Waals surface area (Å²) in [6.07, 6.45) is -2.60. The van der Waals surface area contributed by atoms with Crippen molar-refractivity contribution in [2.24, 2.45) is 13.0 Å². The molecule has 32 heavy (non-hydrogen) atoms. The van der Waals surface area contributed by atoms with Crippen molar-refractivity contribution in [1.82, 2.24) is 14.4 Å². The largest absolute Gasteiger partial charge is 0.416 e. The lowest BCUT2D eigenvalue weighted by atomic mass is 10.1. The fraction of sp³-hybridized carbons (Fsp3) is 0.478. The van der Waals surface area contributed by atoms with Crippen LogP contribution in [0.25, 0.3) is 0 Å². The van der Waals surface area contributed by atoms with Crippen LogP contribution < -0.4 is 0 Å². The number of ether oxygens (including phenoxy) is 1. The van der Waals surface area contributed by atoms with E-state index in [4.69, 9.17) is 4.74 Å². The van der Waals surface area contributed by atoms with Crippen LogP contribution in [0.1, 0.15) is 35.5 Å². The molecule has 176 valence electrons. The average molecular weight is 454 g/mol. The minimum absolute atomic E-state index is 0.0708. The summed E-state index contributed by atoms with van der Waals surface area (Å²) in [4.78, 5) is 29.2.